The maximum Gasteiger partial charge on any atom is 0.341 e. The second-order valence-electron chi connectivity index (χ2n) is 6.62. The van der Waals surface area contributed by atoms with E-state index in [0.717, 1.165) is 11.6 Å². The number of morpholine rings is 1. The van der Waals surface area contributed by atoms with Gasteiger partial charge in [0.05, 0.1) is 30.1 Å². The molecule has 1 fully saturated rings. The number of benzene rings is 2. The van der Waals surface area contributed by atoms with Crippen molar-refractivity contribution in [3.05, 3.63) is 59.7 Å². The third-order valence-electron chi connectivity index (χ3n) is 4.60. The van der Waals surface area contributed by atoms with E-state index in [-0.39, 0.29) is 17.9 Å². The number of alkyl halides is 2. The van der Waals surface area contributed by atoms with E-state index in [9.17, 15) is 26.8 Å². The summed E-state index contributed by atoms with van der Waals surface area (Å²) in [6.07, 6.45) is 0.198. The zero-order chi connectivity index (χ0) is 21.7. The lowest BCUT2D eigenvalue weighted by molar-refractivity contribution is -0.134. The molecule has 0 atom stereocenters. The van der Waals surface area contributed by atoms with Crippen LogP contribution >= 0.6 is 0 Å². The van der Waals surface area contributed by atoms with E-state index in [4.69, 9.17) is 4.74 Å². The Kier molecular flexibility index (Phi) is 6.78. The van der Waals surface area contributed by atoms with Crippen LogP contribution in [0.4, 0.5) is 14.5 Å². The third kappa shape index (κ3) is 5.00. The molecule has 10 heteroatoms. The Hall–Kier alpha value is -2.85. The second-order valence-corrected chi connectivity index (χ2v) is 8.51. The highest BCUT2D eigenvalue weighted by Gasteiger charge is 2.30. The first-order valence-corrected chi connectivity index (χ1v) is 10.7. The van der Waals surface area contributed by atoms with Crippen molar-refractivity contribution >= 4 is 27.3 Å². The molecule has 0 bridgehead atoms. The summed E-state index contributed by atoms with van der Waals surface area (Å²) >= 11 is 0. The normalized spacial score (nSPS) is 14.6. The average Bonchev–Trinajstić information content (AvgIpc) is 2.75. The largest absolute Gasteiger partial charge is 0.378 e. The number of sulfone groups is 1. The number of halogens is 2. The van der Waals surface area contributed by atoms with E-state index >= 15 is 0 Å². The van der Waals surface area contributed by atoms with Gasteiger partial charge in [0.1, 0.15) is 0 Å². The molecule has 0 aromatic heterocycles. The van der Waals surface area contributed by atoms with E-state index in [1.54, 1.807) is 29.2 Å². The van der Waals surface area contributed by atoms with Crippen LogP contribution in [0.1, 0.15) is 15.9 Å². The molecule has 1 aliphatic heterocycles. The predicted molar refractivity (Wildman–Crippen MR) is 105 cm³/mol. The van der Waals surface area contributed by atoms with E-state index in [1.165, 1.54) is 18.2 Å². The number of hydrogen-bond acceptors (Lipinski definition) is 5. The van der Waals surface area contributed by atoms with E-state index < -0.39 is 26.4 Å². The molecule has 1 N–H and O–H groups in total. The first-order valence-electron chi connectivity index (χ1n) is 9.16. The Morgan fingerprint density at radius 1 is 1.03 bits per heavy atom. The SMILES string of the molecule is O=C(Nc1ccc(CC(=O)N2CCOCC2)cc1)c1ccccc1S(=O)(=O)C(F)F. The number of rotatable bonds is 6. The van der Waals surface area contributed by atoms with Crippen LogP contribution in [0.15, 0.2) is 53.4 Å². The zero-order valence-electron chi connectivity index (χ0n) is 15.9. The van der Waals surface area contributed by atoms with Crippen molar-refractivity contribution in [3.8, 4) is 0 Å². The van der Waals surface area contributed by atoms with Crippen molar-refractivity contribution in [2.24, 2.45) is 0 Å². The summed E-state index contributed by atoms with van der Waals surface area (Å²) in [4.78, 5) is 25.8. The minimum atomic E-state index is -4.92. The fourth-order valence-electron chi connectivity index (χ4n) is 3.00. The van der Waals surface area contributed by atoms with Crippen LogP contribution in [0.3, 0.4) is 0 Å². The summed E-state index contributed by atoms with van der Waals surface area (Å²) in [6, 6.07) is 11.2. The standard InChI is InChI=1S/C20H20F2N2O5S/c21-20(22)30(27,28)17-4-2-1-3-16(17)19(26)23-15-7-5-14(6-8-15)13-18(25)24-9-11-29-12-10-24/h1-8,20H,9-13H2,(H,23,26). The summed E-state index contributed by atoms with van der Waals surface area (Å²) in [6.45, 7) is 2.13. The molecule has 2 amide bonds. The van der Waals surface area contributed by atoms with Gasteiger partial charge in [-0.2, -0.15) is 8.78 Å². The highest BCUT2D eigenvalue weighted by atomic mass is 32.2. The first kappa shape index (κ1) is 21.8. The van der Waals surface area contributed by atoms with Gasteiger partial charge >= 0.3 is 5.76 Å². The average molecular weight is 438 g/mol. The van der Waals surface area contributed by atoms with Gasteiger partial charge in [0.25, 0.3) is 5.91 Å². The van der Waals surface area contributed by atoms with Crippen molar-refractivity contribution in [2.45, 2.75) is 17.1 Å². The fourth-order valence-corrected chi connectivity index (χ4v) is 3.93. The number of ether oxygens (including phenoxy) is 1. The second kappa shape index (κ2) is 9.31. The van der Waals surface area contributed by atoms with Crippen LogP contribution in [0.2, 0.25) is 0 Å². The molecule has 160 valence electrons. The zero-order valence-corrected chi connectivity index (χ0v) is 16.7. The van der Waals surface area contributed by atoms with Gasteiger partial charge in [-0.1, -0.05) is 24.3 Å². The van der Waals surface area contributed by atoms with Crippen LogP contribution in [0.25, 0.3) is 0 Å². The number of anilines is 1. The van der Waals surface area contributed by atoms with Crippen molar-refractivity contribution in [2.75, 3.05) is 31.6 Å². The summed E-state index contributed by atoms with van der Waals surface area (Å²) in [5, 5.41) is 2.49. The van der Waals surface area contributed by atoms with Crippen LogP contribution in [0, 0.1) is 0 Å². The lowest BCUT2D eigenvalue weighted by atomic mass is 10.1. The molecule has 1 heterocycles. The van der Waals surface area contributed by atoms with Crippen LogP contribution in [0.5, 0.6) is 0 Å². The molecule has 0 aliphatic carbocycles. The van der Waals surface area contributed by atoms with Crippen molar-refractivity contribution in [1.82, 2.24) is 4.90 Å². The third-order valence-corrected chi connectivity index (χ3v) is 6.04. The maximum absolute atomic E-state index is 12.9. The Morgan fingerprint density at radius 2 is 1.67 bits per heavy atom. The topological polar surface area (TPSA) is 92.8 Å². The van der Waals surface area contributed by atoms with Gasteiger partial charge in [-0.3, -0.25) is 9.59 Å². The number of nitrogens with zero attached hydrogens (tertiary/aromatic N) is 1. The van der Waals surface area contributed by atoms with E-state index in [0.29, 0.717) is 32.0 Å². The smallest absolute Gasteiger partial charge is 0.341 e. The van der Waals surface area contributed by atoms with Crippen LogP contribution in [-0.2, 0) is 25.8 Å². The van der Waals surface area contributed by atoms with Crippen LogP contribution < -0.4 is 5.32 Å². The molecule has 0 spiro atoms. The molecule has 7 nitrogen and oxygen atoms in total. The summed E-state index contributed by atoms with van der Waals surface area (Å²) in [5.74, 6) is -4.48. The lowest BCUT2D eigenvalue weighted by Crippen LogP contribution is -2.41. The van der Waals surface area contributed by atoms with Gasteiger partial charge in [0.2, 0.25) is 15.7 Å². The number of carbonyl (C=O) groups is 2. The molecule has 0 unspecified atom stereocenters. The number of carbonyl (C=O) groups excluding carboxylic acids is 2. The maximum atomic E-state index is 12.9. The Bertz CT molecular complexity index is 1020. The number of hydrogen-bond donors (Lipinski definition) is 1. The minimum absolute atomic E-state index is 0.0266. The molecule has 30 heavy (non-hydrogen) atoms. The summed E-state index contributed by atoms with van der Waals surface area (Å²) in [7, 11) is -4.92. The quantitative estimate of drug-likeness (QED) is 0.747. The van der Waals surface area contributed by atoms with Crippen molar-refractivity contribution in [1.29, 1.82) is 0 Å². The van der Waals surface area contributed by atoms with Gasteiger partial charge in [-0.05, 0) is 29.8 Å². The summed E-state index contributed by atoms with van der Waals surface area (Å²) in [5.41, 5.74) is 0.710. The number of nitrogens with one attached hydrogen (secondary N) is 1. The number of amides is 2. The molecular formula is C20H20F2N2O5S. The predicted octanol–water partition coefficient (Wildman–Crippen LogP) is 2.34. The summed E-state index contributed by atoms with van der Waals surface area (Å²) < 4.78 is 54.6. The molecular weight excluding hydrogens is 418 g/mol. The minimum Gasteiger partial charge on any atom is -0.378 e. The van der Waals surface area contributed by atoms with Gasteiger partial charge in [-0.15, -0.1) is 0 Å². The molecule has 0 radical (unpaired) electrons. The molecule has 0 saturated carbocycles. The fraction of sp³-hybridized carbons (Fsp3) is 0.300. The van der Waals surface area contributed by atoms with Crippen molar-refractivity contribution in [3.63, 3.8) is 0 Å². The molecule has 1 aliphatic rings. The lowest BCUT2D eigenvalue weighted by Gasteiger charge is -2.26. The molecule has 2 aromatic rings. The Morgan fingerprint density at radius 3 is 2.30 bits per heavy atom. The molecule has 2 aromatic carbocycles. The first-order chi connectivity index (χ1) is 14.3. The molecule has 3 rings (SSSR count). The van der Waals surface area contributed by atoms with E-state index in [1.807, 2.05) is 0 Å². The Balaban J connectivity index is 1.69. The van der Waals surface area contributed by atoms with Crippen molar-refractivity contribution < 1.29 is 31.5 Å². The van der Waals surface area contributed by atoms with Gasteiger partial charge in [-0.25, -0.2) is 8.42 Å². The van der Waals surface area contributed by atoms with Crippen LogP contribution in [-0.4, -0.2) is 57.2 Å². The molecule has 1 saturated heterocycles. The monoisotopic (exact) mass is 438 g/mol. The highest BCUT2D eigenvalue weighted by molar-refractivity contribution is 7.91. The Labute approximate surface area is 172 Å². The van der Waals surface area contributed by atoms with Gasteiger partial charge in [0.15, 0.2) is 0 Å². The highest BCUT2D eigenvalue weighted by Crippen LogP contribution is 2.23. The van der Waals surface area contributed by atoms with Gasteiger partial charge in [0, 0.05) is 18.8 Å². The van der Waals surface area contributed by atoms with E-state index in [2.05, 4.69) is 5.32 Å². The van der Waals surface area contributed by atoms with Gasteiger partial charge < -0.3 is 15.0 Å².